The lowest BCUT2D eigenvalue weighted by molar-refractivity contribution is 0.100. The van der Waals surface area contributed by atoms with E-state index in [0.29, 0.717) is 38.8 Å². The van der Waals surface area contributed by atoms with Crippen molar-refractivity contribution in [3.05, 3.63) is 35.1 Å². The number of hydrogen-bond donors (Lipinski definition) is 2. The number of primary amides is 1. The van der Waals surface area contributed by atoms with Crippen LogP contribution < -0.4 is 11.5 Å². The van der Waals surface area contributed by atoms with E-state index in [1.54, 1.807) is 12.1 Å². The molecule has 0 saturated carbocycles. The highest BCUT2D eigenvalue weighted by Crippen LogP contribution is 2.43. The van der Waals surface area contributed by atoms with Gasteiger partial charge in [-0.05, 0) is 46.8 Å². The Bertz CT molecular complexity index is 1310. The monoisotopic (exact) mass is 425 g/mol. The van der Waals surface area contributed by atoms with Crippen molar-refractivity contribution >= 4 is 45.3 Å². The van der Waals surface area contributed by atoms with Gasteiger partial charge in [-0.25, -0.2) is 14.6 Å². The maximum absolute atomic E-state index is 11.8. The largest absolute Gasteiger partial charge is 0.383 e. The van der Waals surface area contributed by atoms with Crippen LogP contribution in [-0.2, 0) is 5.54 Å². The number of amides is 1. The molecule has 9 heteroatoms. The molecule has 156 valence electrons. The lowest BCUT2D eigenvalue weighted by Gasteiger charge is -2.19. The minimum atomic E-state index is -0.494. The molecule has 1 amide bonds. The standard InChI is InChI=1S/C21H24ClN7O/c1-10(2)28-13-8-11(19(24)30)6-7-12(13)15(22)17(28)16-14-18(23)25-9-26-20(14)29(27-16)21(3,4)5/h6-10H,1-5H3,(H2,24,30)(H2,23,25,26). The maximum atomic E-state index is 11.8. The van der Waals surface area contributed by atoms with Gasteiger partial charge in [0.05, 0.1) is 27.2 Å². The molecule has 0 aliphatic carbocycles. The predicted octanol–water partition coefficient (Wildman–Crippen LogP) is 4.12. The molecule has 4 aromatic rings. The summed E-state index contributed by atoms with van der Waals surface area (Å²) >= 11 is 6.88. The maximum Gasteiger partial charge on any atom is 0.248 e. The van der Waals surface area contributed by atoms with E-state index in [9.17, 15) is 4.79 Å². The second-order valence-electron chi connectivity index (χ2n) is 8.61. The van der Waals surface area contributed by atoms with Crippen molar-refractivity contribution in [1.29, 1.82) is 0 Å². The average molecular weight is 426 g/mol. The molecule has 0 radical (unpaired) electrons. The molecule has 1 aromatic carbocycles. The molecule has 0 bridgehead atoms. The van der Waals surface area contributed by atoms with Gasteiger partial charge in [0.15, 0.2) is 5.65 Å². The van der Waals surface area contributed by atoms with Gasteiger partial charge in [0, 0.05) is 17.0 Å². The Kier molecular flexibility index (Phi) is 4.50. The minimum Gasteiger partial charge on any atom is -0.383 e. The molecule has 4 rings (SSSR count). The third kappa shape index (κ3) is 2.90. The average Bonchev–Trinajstić information content (AvgIpc) is 3.18. The molecule has 0 saturated heterocycles. The van der Waals surface area contributed by atoms with Gasteiger partial charge in [-0.2, -0.15) is 5.10 Å². The Morgan fingerprint density at radius 3 is 2.50 bits per heavy atom. The first-order valence-corrected chi connectivity index (χ1v) is 10.0. The fourth-order valence-electron chi connectivity index (χ4n) is 3.79. The highest BCUT2D eigenvalue weighted by molar-refractivity contribution is 6.39. The predicted molar refractivity (Wildman–Crippen MR) is 120 cm³/mol. The topological polar surface area (TPSA) is 118 Å². The molecule has 0 aliphatic heterocycles. The molecule has 0 aliphatic rings. The van der Waals surface area contributed by atoms with E-state index in [0.717, 1.165) is 10.9 Å². The van der Waals surface area contributed by atoms with Gasteiger partial charge in [0.2, 0.25) is 5.91 Å². The van der Waals surface area contributed by atoms with Crippen molar-refractivity contribution in [2.45, 2.75) is 46.2 Å². The smallest absolute Gasteiger partial charge is 0.248 e. The van der Waals surface area contributed by atoms with E-state index in [4.69, 9.17) is 28.2 Å². The first-order valence-electron chi connectivity index (χ1n) is 9.65. The van der Waals surface area contributed by atoms with Crippen molar-refractivity contribution in [3.63, 3.8) is 0 Å². The summed E-state index contributed by atoms with van der Waals surface area (Å²) in [5, 5.41) is 6.86. The summed E-state index contributed by atoms with van der Waals surface area (Å²) in [5.74, 6) is -0.161. The van der Waals surface area contributed by atoms with Gasteiger partial charge in [0.25, 0.3) is 0 Å². The zero-order valence-electron chi connectivity index (χ0n) is 17.6. The van der Waals surface area contributed by atoms with E-state index in [1.165, 1.54) is 6.33 Å². The third-order valence-electron chi connectivity index (χ3n) is 5.10. The Balaban J connectivity index is 2.17. The van der Waals surface area contributed by atoms with Crippen LogP contribution in [0.25, 0.3) is 33.3 Å². The molecule has 0 unspecified atom stereocenters. The van der Waals surface area contributed by atoms with Crippen molar-refractivity contribution in [2.75, 3.05) is 5.73 Å². The number of nitrogens with two attached hydrogens (primary N) is 2. The summed E-state index contributed by atoms with van der Waals surface area (Å²) in [4.78, 5) is 20.4. The Morgan fingerprint density at radius 2 is 1.90 bits per heavy atom. The molecular formula is C21H24ClN7O. The summed E-state index contributed by atoms with van der Waals surface area (Å²) in [5.41, 5.74) is 14.6. The van der Waals surface area contributed by atoms with E-state index in [-0.39, 0.29) is 11.6 Å². The van der Waals surface area contributed by atoms with Crippen LogP contribution in [-0.4, -0.2) is 30.2 Å². The van der Waals surface area contributed by atoms with Crippen LogP contribution in [0.4, 0.5) is 5.82 Å². The van der Waals surface area contributed by atoms with Gasteiger partial charge in [-0.3, -0.25) is 4.79 Å². The summed E-state index contributed by atoms with van der Waals surface area (Å²) in [6, 6.07) is 5.27. The van der Waals surface area contributed by atoms with Gasteiger partial charge in [-0.15, -0.1) is 0 Å². The number of halogens is 1. The Hall–Kier alpha value is -3.13. The molecule has 3 heterocycles. The quantitative estimate of drug-likeness (QED) is 0.511. The third-order valence-corrected chi connectivity index (χ3v) is 5.48. The molecule has 4 N–H and O–H groups in total. The Labute approximate surface area is 178 Å². The number of nitrogen functional groups attached to an aromatic ring is 1. The molecule has 30 heavy (non-hydrogen) atoms. The molecular weight excluding hydrogens is 402 g/mol. The Morgan fingerprint density at radius 1 is 1.20 bits per heavy atom. The van der Waals surface area contributed by atoms with Crippen LogP contribution in [0, 0.1) is 0 Å². The first kappa shape index (κ1) is 20.2. The van der Waals surface area contributed by atoms with Crippen LogP contribution in [0.15, 0.2) is 24.5 Å². The van der Waals surface area contributed by atoms with Crippen LogP contribution in [0.3, 0.4) is 0 Å². The summed E-state index contributed by atoms with van der Waals surface area (Å²) in [6.07, 6.45) is 1.43. The van der Waals surface area contributed by atoms with Crippen molar-refractivity contribution < 1.29 is 4.79 Å². The number of carbonyl (C=O) groups excluding carboxylic acids is 1. The number of nitrogens with zero attached hydrogens (tertiary/aromatic N) is 5. The molecule has 8 nitrogen and oxygen atoms in total. The van der Waals surface area contributed by atoms with E-state index in [2.05, 4.69) is 9.97 Å². The SMILES string of the molecule is CC(C)n1c(-c2nn(C(C)(C)C)c3ncnc(N)c23)c(Cl)c2ccc(C(N)=O)cc21. The lowest BCUT2D eigenvalue weighted by Crippen LogP contribution is -2.23. The second kappa shape index (κ2) is 6.70. The normalized spacial score (nSPS) is 12.4. The molecule has 0 atom stereocenters. The number of hydrogen-bond acceptors (Lipinski definition) is 5. The number of carbonyl (C=O) groups is 1. The van der Waals surface area contributed by atoms with E-state index in [1.807, 2.05) is 49.9 Å². The van der Waals surface area contributed by atoms with E-state index >= 15 is 0 Å². The number of rotatable bonds is 3. The van der Waals surface area contributed by atoms with Crippen molar-refractivity contribution in [2.24, 2.45) is 5.73 Å². The first-order chi connectivity index (χ1) is 14.0. The summed E-state index contributed by atoms with van der Waals surface area (Å²) in [7, 11) is 0. The minimum absolute atomic E-state index is 0.0267. The number of aromatic nitrogens is 5. The number of anilines is 1. The van der Waals surface area contributed by atoms with Gasteiger partial charge < -0.3 is 16.0 Å². The zero-order valence-corrected chi connectivity index (χ0v) is 18.3. The van der Waals surface area contributed by atoms with Crippen LogP contribution in [0.5, 0.6) is 0 Å². The highest BCUT2D eigenvalue weighted by Gasteiger charge is 2.29. The van der Waals surface area contributed by atoms with Crippen LogP contribution in [0.2, 0.25) is 5.02 Å². The summed E-state index contributed by atoms with van der Waals surface area (Å²) in [6.45, 7) is 10.2. The number of benzene rings is 1. The number of fused-ring (bicyclic) bond motifs is 2. The second-order valence-corrected chi connectivity index (χ2v) is 8.99. The molecule has 0 spiro atoms. The molecule has 3 aromatic heterocycles. The lowest BCUT2D eigenvalue weighted by atomic mass is 10.1. The van der Waals surface area contributed by atoms with Gasteiger partial charge in [0.1, 0.15) is 17.8 Å². The zero-order chi connectivity index (χ0) is 22.0. The van der Waals surface area contributed by atoms with Crippen molar-refractivity contribution in [3.8, 4) is 11.4 Å². The molecule has 0 fully saturated rings. The van der Waals surface area contributed by atoms with Crippen LogP contribution in [0.1, 0.15) is 51.0 Å². The fourth-order valence-corrected chi connectivity index (χ4v) is 4.13. The van der Waals surface area contributed by atoms with Gasteiger partial charge >= 0.3 is 0 Å². The summed E-state index contributed by atoms with van der Waals surface area (Å²) < 4.78 is 3.88. The highest BCUT2D eigenvalue weighted by atomic mass is 35.5. The van der Waals surface area contributed by atoms with E-state index < -0.39 is 5.91 Å². The fraction of sp³-hybridized carbons (Fsp3) is 0.333. The van der Waals surface area contributed by atoms with Crippen molar-refractivity contribution in [1.82, 2.24) is 24.3 Å². The van der Waals surface area contributed by atoms with Gasteiger partial charge in [-0.1, -0.05) is 17.7 Å². The van der Waals surface area contributed by atoms with Crippen LogP contribution >= 0.6 is 11.6 Å².